The Balaban J connectivity index is 1.47. The molecule has 0 bridgehead atoms. The summed E-state index contributed by atoms with van der Waals surface area (Å²) in [6, 6.07) is 0.257. The first-order chi connectivity index (χ1) is 9.70. The van der Waals surface area contributed by atoms with Crippen LogP contribution in [0.3, 0.4) is 0 Å². The molecule has 7 nitrogen and oxygen atoms in total. The van der Waals surface area contributed by atoms with Gasteiger partial charge in [0.15, 0.2) is 5.13 Å². The number of hydrogen-bond donors (Lipinski definition) is 2. The van der Waals surface area contributed by atoms with Gasteiger partial charge >= 0.3 is 0 Å². The third-order valence-electron chi connectivity index (χ3n) is 3.22. The minimum absolute atomic E-state index is 0.0660. The lowest BCUT2D eigenvalue weighted by Gasteiger charge is -2.23. The zero-order valence-corrected chi connectivity index (χ0v) is 12.0. The molecule has 3 heterocycles. The highest BCUT2D eigenvalue weighted by Crippen LogP contribution is 2.14. The van der Waals surface area contributed by atoms with Crippen LogP contribution in [0.15, 0.2) is 11.7 Å². The highest BCUT2D eigenvalue weighted by molar-refractivity contribution is 7.13. The number of rotatable bonds is 4. The predicted octanol–water partition coefficient (Wildman–Crippen LogP) is 0.586. The maximum absolute atomic E-state index is 11.8. The summed E-state index contributed by atoms with van der Waals surface area (Å²) >= 11 is 1.44. The zero-order chi connectivity index (χ0) is 13.9. The first kappa shape index (κ1) is 13.2. The number of nitrogens with one attached hydrogen (secondary N) is 2. The van der Waals surface area contributed by atoms with E-state index in [0.29, 0.717) is 5.13 Å². The largest absolute Gasteiger partial charge is 0.304 e. The van der Waals surface area contributed by atoms with Crippen LogP contribution in [0.4, 0.5) is 5.13 Å². The van der Waals surface area contributed by atoms with Gasteiger partial charge in [-0.3, -0.25) is 4.79 Å². The lowest BCUT2D eigenvalue weighted by Crippen LogP contribution is -2.41. The second kappa shape index (κ2) is 5.68. The number of amides is 1. The van der Waals surface area contributed by atoms with Crippen molar-refractivity contribution in [3.63, 3.8) is 0 Å². The van der Waals surface area contributed by atoms with Crippen LogP contribution < -0.4 is 10.6 Å². The molecule has 0 radical (unpaired) electrons. The van der Waals surface area contributed by atoms with E-state index in [0.717, 1.165) is 30.9 Å². The van der Waals surface area contributed by atoms with E-state index in [1.165, 1.54) is 11.3 Å². The van der Waals surface area contributed by atoms with Gasteiger partial charge in [0.2, 0.25) is 5.91 Å². The van der Waals surface area contributed by atoms with Crippen molar-refractivity contribution in [2.75, 3.05) is 11.9 Å². The van der Waals surface area contributed by atoms with Crippen LogP contribution in [-0.2, 0) is 17.8 Å². The molecule has 8 heteroatoms. The molecule has 106 valence electrons. The molecular formula is C12H16N6OS. The number of carbonyl (C=O) groups excluding carboxylic acids is 1. The van der Waals surface area contributed by atoms with Crippen LogP contribution in [0, 0.1) is 6.92 Å². The molecule has 0 saturated heterocycles. The van der Waals surface area contributed by atoms with Crippen LogP contribution in [-0.4, -0.2) is 38.2 Å². The molecule has 1 aliphatic heterocycles. The molecule has 0 aromatic carbocycles. The lowest BCUT2D eigenvalue weighted by atomic mass is 10.1. The first-order valence-corrected chi connectivity index (χ1v) is 7.41. The van der Waals surface area contributed by atoms with Crippen molar-refractivity contribution in [2.45, 2.75) is 32.4 Å². The second-order valence-corrected chi connectivity index (χ2v) is 5.68. The summed E-state index contributed by atoms with van der Waals surface area (Å²) in [5.41, 5.74) is 0.921. The highest BCUT2D eigenvalue weighted by Gasteiger charge is 2.20. The van der Waals surface area contributed by atoms with Gasteiger partial charge < -0.3 is 10.6 Å². The minimum atomic E-state index is -0.0660. The Morgan fingerprint density at radius 2 is 2.50 bits per heavy atom. The van der Waals surface area contributed by atoms with Crippen molar-refractivity contribution in [1.82, 2.24) is 25.1 Å². The lowest BCUT2D eigenvalue weighted by molar-refractivity contribution is -0.115. The number of thiazole rings is 1. The van der Waals surface area contributed by atoms with E-state index in [-0.39, 0.29) is 18.5 Å². The molecule has 3 rings (SSSR count). The Bertz CT molecular complexity index is 607. The van der Waals surface area contributed by atoms with Crippen molar-refractivity contribution >= 4 is 22.4 Å². The molecule has 2 aromatic heterocycles. The van der Waals surface area contributed by atoms with Gasteiger partial charge in [0.25, 0.3) is 0 Å². The fraction of sp³-hybridized carbons (Fsp3) is 0.500. The monoisotopic (exact) mass is 292 g/mol. The van der Waals surface area contributed by atoms with Crippen molar-refractivity contribution in [3.05, 3.63) is 23.2 Å². The van der Waals surface area contributed by atoms with Gasteiger partial charge in [-0.2, -0.15) is 5.10 Å². The summed E-state index contributed by atoms with van der Waals surface area (Å²) in [7, 11) is 0. The van der Waals surface area contributed by atoms with E-state index in [1.54, 1.807) is 6.33 Å². The summed E-state index contributed by atoms with van der Waals surface area (Å²) in [4.78, 5) is 20.2. The molecule has 1 atom stereocenters. The van der Waals surface area contributed by atoms with Crippen LogP contribution >= 0.6 is 11.3 Å². The zero-order valence-electron chi connectivity index (χ0n) is 11.2. The van der Waals surface area contributed by atoms with Crippen molar-refractivity contribution in [2.24, 2.45) is 0 Å². The summed E-state index contributed by atoms with van der Waals surface area (Å²) in [5, 5.41) is 12.8. The third-order valence-corrected chi connectivity index (χ3v) is 4.10. The fourth-order valence-corrected chi connectivity index (χ4v) is 2.92. The Morgan fingerprint density at radius 3 is 3.30 bits per heavy atom. The van der Waals surface area contributed by atoms with Crippen LogP contribution in [0.25, 0.3) is 0 Å². The number of hydrogen-bond acceptors (Lipinski definition) is 6. The Labute approximate surface area is 120 Å². The highest BCUT2D eigenvalue weighted by atomic mass is 32.1. The molecule has 2 aromatic rings. The normalized spacial score (nSPS) is 17.8. The average molecular weight is 292 g/mol. The molecule has 1 amide bonds. The summed E-state index contributed by atoms with van der Waals surface area (Å²) < 4.78 is 1.89. The smallest absolute Gasteiger partial charge is 0.240 e. The molecule has 20 heavy (non-hydrogen) atoms. The van der Waals surface area contributed by atoms with Gasteiger partial charge in [-0.05, 0) is 13.3 Å². The molecule has 0 fully saturated rings. The Morgan fingerprint density at radius 1 is 1.60 bits per heavy atom. The number of fused-ring (bicyclic) bond motifs is 1. The maximum Gasteiger partial charge on any atom is 0.240 e. The minimum Gasteiger partial charge on any atom is -0.304 e. The average Bonchev–Trinajstić information content (AvgIpc) is 3.04. The van der Waals surface area contributed by atoms with Gasteiger partial charge in [0.1, 0.15) is 12.2 Å². The number of carbonyl (C=O) groups is 1. The van der Waals surface area contributed by atoms with E-state index in [4.69, 9.17) is 0 Å². The van der Waals surface area contributed by atoms with E-state index in [1.807, 2.05) is 17.0 Å². The molecule has 2 N–H and O–H groups in total. The van der Waals surface area contributed by atoms with Crippen molar-refractivity contribution in [1.29, 1.82) is 0 Å². The summed E-state index contributed by atoms with van der Waals surface area (Å²) in [6.07, 6.45) is 3.45. The fourth-order valence-electron chi connectivity index (χ4n) is 2.22. The molecule has 0 aliphatic carbocycles. The molecule has 0 saturated carbocycles. The van der Waals surface area contributed by atoms with E-state index in [9.17, 15) is 4.79 Å². The van der Waals surface area contributed by atoms with Gasteiger partial charge in [-0.25, -0.2) is 14.6 Å². The van der Waals surface area contributed by atoms with Crippen LogP contribution in [0.1, 0.15) is 17.9 Å². The van der Waals surface area contributed by atoms with Crippen molar-refractivity contribution in [3.8, 4) is 0 Å². The summed E-state index contributed by atoms with van der Waals surface area (Å²) in [5.74, 6) is 0.953. The van der Waals surface area contributed by atoms with Crippen molar-refractivity contribution < 1.29 is 4.79 Å². The molecule has 0 spiro atoms. The number of anilines is 1. The number of aromatic nitrogens is 4. The molecular weight excluding hydrogens is 276 g/mol. The molecule has 1 aliphatic rings. The van der Waals surface area contributed by atoms with Gasteiger partial charge in [0, 0.05) is 17.8 Å². The maximum atomic E-state index is 11.8. The number of aryl methyl sites for hydroxylation is 2. The summed E-state index contributed by atoms with van der Waals surface area (Å²) in [6.45, 7) is 2.95. The van der Waals surface area contributed by atoms with Gasteiger partial charge in [-0.15, -0.1) is 11.3 Å². The SMILES string of the molecule is Cc1csc(NC(=O)CN[C@H]2CCc3ncnn3C2)n1. The standard InChI is InChI=1S/C12H16N6OS/c1-8-6-20-12(16-8)17-11(19)4-13-9-2-3-10-14-7-15-18(10)5-9/h6-7,9,13H,2-5H2,1H3,(H,16,17,19)/t9-/m0/s1. The molecule has 0 unspecified atom stereocenters. The Hall–Kier alpha value is -1.80. The first-order valence-electron chi connectivity index (χ1n) is 6.53. The Kier molecular flexibility index (Phi) is 3.75. The quantitative estimate of drug-likeness (QED) is 0.861. The van der Waals surface area contributed by atoms with E-state index >= 15 is 0 Å². The van der Waals surface area contributed by atoms with Crippen LogP contribution in [0.5, 0.6) is 0 Å². The van der Waals surface area contributed by atoms with E-state index < -0.39 is 0 Å². The number of nitrogens with zero attached hydrogens (tertiary/aromatic N) is 4. The van der Waals surface area contributed by atoms with Crippen LogP contribution in [0.2, 0.25) is 0 Å². The van der Waals surface area contributed by atoms with Gasteiger partial charge in [-0.1, -0.05) is 0 Å². The van der Waals surface area contributed by atoms with Gasteiger partial charge in [0.05, 0.1) is 18.8 Å². The second-order valence-electron chi connectivity index (χ2n) is 4.82. The van der Waals surface area contributed by atoms with E-state index in [2.05, 4.69) is 25.7 Å². The topological polar surface area (TPSA) is 84.7 Å². The predicted molar refractivity (Wildman–Crippen MR) is 75.6 cm³/mol. The third kappa shape index (κ3) is 3.02.